The zero-order chi connectivity index (χ0) is 43.3. The van der Waals surface area contributed by atoms with Crippen LogP contribution in [0.5, 0.6) is 5.75 Å². The summed E-state index contributed by atoms with van der Waals surface area (Å²) in [6.45, 7) is 14.0. The second kappa shape index (κ2) is 17.9. The quantitative estimate of drug-likeness (QED) is 0.0652. The predicted molar refractivity (Wildman–Crippen MR) is 228 cm³/mol. The van der Waals surface area contributed by atoms with Crippen LogP contribution in [0.3, 0.4) is 0 Å². The lowest BCUT2D eigenvalue weighted by atomic mass is 9.88. The molecule has 0 saturated carbocycles. The van der Waals surface area contributed by atoms with Crippen molar-refractivity contribution in [3.63, 3.8) is 0 Å². The number of anilines is 2. The summed E-state index contributed by atoms with van der Waals surface area (Å²) < 4.78 is 42.7. The van der Waals surface area contributed by atoms with E-state index in [1.807, 2.05) is 32.9 Å². The van der Waals surface area contributed by atoms with Crippen molar-refractivity contribution < 1.29 is 32.3 Å². The van der Waals surface area contributed by atoms with Gasteiger partial charge in [-0.3, -0.25) is 24.3 Å². The highest BCUT2D eigenvalue weighted by Gasteiger charge is 2.34. The number of fused-ring (bicyclic) bond motifs is 1. The summed E-state index contributed by atoms with van der Waals surface area (Å²) in [5, 5.41) is 2.62. The largest absolute Gasteiger partial charge is 0.487 e. The van der Waals surface area contributed by atoms with Crippen molar-refractivity contribution in [3.8, 4) is 5.75 Å². The zero-order valence-corrected chi connectivity index (χ0v) is 35.7. The van der Waals surface area contributed by atoms with E-state index in [4.69, 9.17) is 15.2 Å². The molecule has 0 aliphatic carbocycles. The number of nitrogens with zero attached hydrogens (tertiary/aromatic N) is 3. The third kappa shape index (κ3) is 10.8. The highest BCUT2D eigenvalue weighted by molar-refractivity contribution is 7.90. The van der Waals surface area contributed by atoms with Crippen LogP contribution in [0.25, 0.3) is 0 Å². The van der Waals surface area contributed by atoms with Crippen molar-refractivity contribution in [2.24, 2.45) is 10.7 Å². The van der Waals surface area contributed by atoms with Gasteiger partial charge in [-0.15, -0.1) is 0 Å². The molecule has 1 aromatic heterocycles. The molecule has 4 N–H and O–H groups in total. The summed E-state index contributed by atoms with van der Waals surface area (Å²) in [6.07, 6.45) is 3.01. The van der Waals surface area contributed by atoms with E-state index in [-0.39, 0.29) is 48.0 Å². The smallest absolute Gasteiger partial charge is 0.329 e. The number of carbonyl (C=O) groups is 3. The Kier molecular flexibility index (Phi) is 13.4. The molecule has 59 heavy (non-hydrogen) atoms. The number of pyridine rings is 1. The van der Waals surface area contributed by atoms with Crippen molar-refractivity contribution in [1.29, 1.82) is 0 Å². The van der Waals surface area contributed by atoms with Gasteiger partial charge in [0, 0.05) is 24.1 Å². The Hall–Kier alpha value is -5.96. The molecule has 0 saturated heterocycles. The molecule has 2 amide bonds. The lowest BCUT2D eigenvalue weighted by Gasteiger charge is -2.35. The molecule has 3 aromatic carbocycles. The Morgan fingerprint density at radius 2 is 1.56 bits per heavy atom. The van der Waals surface area contributed by atoms with Crippen LogP contribution in [0.4, 0.5) is 11.4 Å². The summed E-state index contributed by atoms with van der Waals surface area (Å²) in [4.78, 5) is 60.2. The van der Waals surface area contributed by atoms with Gasteiger partial charge in [0.2, 0.25) is 5.96 Å². The molecule has 2 heterocycles. The second-order valence-electron chi connectivity index (χ2n) is 16.2. The van der Waals surface area contributed by atoms with Gasteiger partial charge in [-0.25, -0.2) is 17.9 Å². The van der Waals surface area contributed by atoms with Gasteiger partial charge in [-0.1, -0.05) is 36.4 Å². The summed E-state index contributed by atoms with van der Waals surface area (Å²) >= 11 is 0. The highest BCUT2D eigenvalue weighted by atomic mass is 32.2. The molecule has 0 unspecified atom stereocenters. The third-order valence-corrected chi connectivity index (χ3v) is 11.6. The van der Waals surface area contributed by atoms with E-state index in [2.05, 4.69) is 15.0 Å². The summed E-state index contributed by atoms with van der Waals surface area (Å²) in [5.41, 5.74) is 7.74. The number of hydrogen-bond donors (Lipinski definition) is 3. The SMILES string of the molecule is Cc1c(C)c(S(=O)(=O)NC(N)=NCCC[C@H](NC(=O)c2cccn(CC(=O)N(c3ccccc3)c3ccccc3)c2=O)C(=O)OC(C)(C)C)c(C)c2c1OC(C)(C)CC2. The van der Waals surface area contributed by atoms with E-state index >= 15 is 0 Å². The number of aliphatic imine (C=N–C) groups is 1. The van der Waals surface area contributed by atoms with Gasteiger partial charge < -0.3 is 25.1 Å². The maximum absolute atomic E-state index is 13.7. The number of carbonyl (C=O) groups excluding carboxylic acids is 3. The monoisotopic (exact) mass is 826 g/mol. The molecule has 1 atom stereocenters. The van der Waals surface area contributed by atoms with E-state index < -0.39 is 45.0 Å². The number of aromatic nitrogens is 1. The van der Waals surface area contributed by atoms with Crippen molar-refractivity contribution in [2.75, 3.05) is 11.4 Å². The maximum Gasteiger partial charge on any atom is 0.329 e. The van der Waals surface area contributed by atoms with E-state index in [0.29, 0.717) is 34.7 Å². The van der Waals surface area contributed by atoms with Crippen LogP contribution in [-0.4, -0.2) is 60.5 Å². The molecule has 0 spiro atoms. The number of amides is 2. The predicted octanol–water partition coefficient (Wildman–Crippen LogP) is 5.76. The average Bonchev–Trinajstić information content (AvgIpc) is 3.15. The van der Waals surface area contributed by atoms with Gasteiger partial charge in [0.05, 0.1) is 4.90 Å². The zero-order valence-electron chi connectivity index (χ0n) is 34.9. The number of guanidine groups is 1. The van der Waals surface area contributed by atoms with Crippen LogP contribution in [0.2, 0.25) is 0 Å². The van der Waals surface area contributed by atoms with Crippen LogP contribution >= 0.6 is 0 Å². The summed E-state index contributed by atoms with van der Waals surface area (Å²) in [5.74, 6) is -1.63. The van der Waals surface area contributed by atoms with Crippen LogP contribution in [0, 0.1) is 20.8 Å². The molecular formula is C44H54N6O8S. The van der Waals surface area contributed by atoms with Crippen molar-refractivity contribution in [1.82, 2.24) is 14.6 Å². The number of esters is 1. The molecule has 5 rings (SSSR count). The van der Waals surface area contributed by atoms with Gasteiger partial charge in [-0.2, -0.15) is 0 Å². The number of ether oxygens (including phenoxy) is 2. The molecular weight excluding hydrogens is 773 g/mol. The fourth-order valence-electron chi connectivity index (χ4n) is 6.97. The summed E-state index contributed by atoms with van der Waals surface area (Å²) in [6, 6.07) is 19.6. The van der Waals surface area contributed by atoms with Crippen molar-refractivity contribution in [2.45, 2.75) is 110 Å². The molecule has 4 aromatic rings. The van der Waals surface area contributed by atoms with Crippen LogP contribution < -0.4 is 31.0 Å². The van der Waals surface area contributed by atoms with Crippen LogP contribution in [0.15, 0.2) is 93.7 Å². The lowest BCUT2D eigenvalue weighted by Crippen LogP contribution is -2.46. The first-order valence-corrected chi connectivity index (χ1v) is 21.0. The first-order valence-electron chi connectivity index (χ1n) is 19.5. The number of benzene rings is 3. The number of rotatable bonds is 13. The lowest BCUT2D eigenvalue weighted by molar-refractivity contribution is -0.157. The first kappa shape index (κ1) is 44.1. The van der Waals surface area contributed by atoms with E-state index in [1.54, 1.807) is 83.1 Å². The standard InChI is InChI=1S/C44H54N6O8S/c1-28-29(2)38(30(3)33-23-24-44(7,8)57-37(28)33)59(55,56)48-42(45)46-25-15-22-35(41(54)58-43(4,5)6)47-39(52)34-21-16-26-49(40(34)53)27-36(51)50(31-17-11-9-12-18-31)32-19-13-10-14-20-32/h9-14,16-21,26,35H,15,22-25,27H2,1-8H3,(H,47,52)(H3,45,46,48)/t35-/m0/s1. The molecule has 0 fully saturated rings. The fraction of sp³-hybridized carbons (Fsp3) is 0.386. The van der Waals surface area contributed by atoms with Gasteiger partial charge in [0.25, 0.3) is 27.4 Å². The highest BCUT2D eigenvalue weighted by Crippen LogP contribution is 2.42. The van der Waals surface area contributed by atoms with Gasteiger partial charge in [0.15, 0.2) is 0 Å². The summed E-state index contributed by atoms with van der Waals surface area (Å²) in [7, 11) is -4.14. The minimum Gasteiger partial charge on any atom is -0.487 e. The molecule has 314 valence electrons. The Labute approximate surface area is 345 Å². The second-order valence-corrected chi connectivity index (χ2v) is 17.8. The maximum atomic E-state index is 13.7. The Bertz CT molecular complexity index is 2370. The molecule has 0 radical (unpaired) electrons. The number of para-hydroxylation sites is 2. The number of hydrogen-bond acceptors (Lipinski definition) is 9. The van der Waals surface area contributed by atoms with Crippen molar-refractivity contribution in [3.05, 3.63) is 117 Å². The number of sulfonamides is 1. The minimum absolute atomic E-state index is 0.00674. The minimum atomic E-state index is -4.14. The normalized spacial score (nSPS) is 14.3. The molecule has 14 nitrogen and oxygen atoms in total. The molecule has 1 aliphatic rings. The topological polar surface area (TPSA) is 191 Å². The van der Waals surface area contributed by atoms with E-state index in [0.717, 1.165) is 22.1 Å². The molecule has 0 bridgehead atoms. The van der Waals surface area contributed by atoms with Gasteiger partial charge >= 0.3 is 5.97 Å². The van der Waals surface area contributed by atoms with E-state index in [1.165, 1.54) is 23.2 Å². The van der Waals surface area contributed by atoms with Gasteiger partial charge in [-0.05, 0) is 140 Å². The third-order valence-electron chi connectivity index (χ3n) is 9.95. The average molecular weight is 827 g/mol. The molecule has 15 heteroatoms. The van der Waals surface area contributed by atoms with Gasteiger partial charge in [0.1, 0.15) is 35.1 Å². The molecule has 1 aliphatic heterocycles. The Morgan fingerprint density at radius 1 is 0.949 bits per heavy atom. The Balaban J connectivity index is 1.29. The van der Waals surface area contributed by atoms with Crippen LogP contribution in [-0.2, 0) is 37.3 Å². The van der Waals surface area contributed by atoms with Crippen LogP contribution in [0.1, 0.15) is 86.5 Å². The number of nitrogens with one attached hydrogen (secondary N) is 2. The first-order chi connectivity index (χ1) is 27.7. The number of nitrogens with two attached hydrogens (primary N) is 1. The van der Waals surface area contributed by atoms with Crippen molar-refractivity contribution >= 4 is 45.1 Å². The van der Waals surface area contributed by atoms with E-state index in [9.17, 15) is 27.6 Å². The fourth-order valence-corrected chi connectivity index (χ4v) is 8.49. The Morgan fingerprint density at radius 3 is 2.15 bits per heavy atom.